The lowest BCUT2D eigenvalue weighted by Gasteiger charge is -2.40. The summed E-state index contributed by atoms with van der Waals surface area (Å²) < 4.78 is 80.1. The largest absolute Gasteiger partial charge is 0.394 e. The minimum absolute atomic E-state index is 0.369. The number of hydrogen-bond acceptors (Lipinski definition) is 6. The number of halogens is 6. The molecule has 0 aromatic heterocycles. The number of benzene rings is 2. The summed E-state index contributed by atoms with van der Waals surface area (Å²) in [5.74, 6) is -10.2. The maximum Gasteiger partial charge on any atom is 0.194 e. The average molecular weight is 470 g/mol. The molecule has 6 N–H and O–H groups in total. The summed E-state index contributed by atoms with van der Waals surface area (Å²) in [4.78, 5) is 0. The number of rotatable bonds is 9. The SMILES string of the molecule is OC[C@H](O)[C@@H](O)[C@@](O)(Cc1cc(F)c(F)c(F)c1)[C@H](O)C(O)Cc1cc(F)c(F)c(F)c1. The summed E-state index contributed by atoms with van der Waals surface area (Å²) in [7, 11) is 0. The van der Waals surface area contributed by atoms with Gasteiger partial charge in [-0.05, 0) is 35.4 Å². The van der Waals surface area contributed by atoms with Gasteiger partial charge in [0.05, 0.1) is 12.7 Å². The van der Waals surface area contributed by atoms with Crippen LogP contribution in [0.3, 0.4) is 0 Å². The predicted octanol–water partition coefficient (Wildman–Crippen LogP) is 0.473. The van der Waals surface area contributed by atoms with E-state index in [0.717, 1.165) is 0 Å². The van der Waals surface area contributed by atoms with Gasteiger partial charge < -0.3 is 30.6 Å². The molecule has 0 heterocycles. The molecule has 2 aromatic rings. The van der Waals surface area contributed by atoms with Crippen LogP contribution in [0.1, 0.15) is 11.1 Å². The van der Waals surface area contributed by atoms with E-state index in [9.17, 15) is 51.9 Å². The second-order valence-corrected chi connectivity index (χ2v) is 7.33. The highest BCUT2D eigenvalue weighted by Crippen LogP contribution is 2.29. The third-order valence-electron chi connectivity index (χ3n) is 4.96. The first-order valence-electron chi connectivity index (χ1n) is 9.14. The van der Waals surface area contributed by atoms with Crippen LogP contribution in [0.25, 0.3) is 0 Å². The van der Waals surface area contributed by atoms with E-state index in [2.05, 4.69) is 0 Å². The molecule has 0 fully saturated rings. The Labute approximate surface area is 177 Å². The summed E-state index contributed by atoms with van der Waals surface area (Å²) in [6, 6.07) is 1.84. The Kier molecular flexibility index (Phi) is 8.26. The fraction of sp³-hybridized carbons (Fsp3) is 0.400. The van der Waals surface area contributed by atoms with Crippen molar-refractivity contribution in [2.24, 2.45) is 0 Å². The van der Waals surface area contributed by atoms with Crippen molar-refractivity contribution in [3.05, 3.63) is 70.3 Å². The lowest BCUT2D eigenvalue weighted by molar-refractivity contribution is -0.203. The molecule has 32 heavy (non-hydrogen) atoms. The molecule has 6 nitrogen and oxygen atoms in total. The topological polar surface area (TPSA) is 121 Å². The standard InChI is InChI=1S/C20H20F6O6/c21-10-1-8(2-11(22)16(10)25)5-14(28)18(30)20(32,19(31)15(29)7-27)6-9-3-12(23)17(26)13(24)4-9/h1-4,14-15,18-19,27-32H,5-7H2/t14?,15-,18+,19+,20+/m0/s1. The normalized spacial score (nSPS) is 17.5. The Bertz CT molecular complexity index is 914. The van der Waals surface area contributed by atoms with Crippen molar-refractivity contribution in [3.63, 3.8) is 0 Å². The molecular weight excluding hydrogens is 450 g/mol. The molecule has 12 heteroatoms. The zero-order chi connectivity index (χ0) is 24.4. The number of hydrogen-bond donors (Lipinski definition) is 6. The Morgan fingerprint density at radius 3 is 1.44 bits per heavy atom. The molecule has 5 atom stereocenters. The second-order valence-electron chi connectivity index (χ2n) is 7.33. The van der Waals surface area contributed by atoms with Crippen molar-refractivity contribution in [2.75, 3.05) is 6.61 Å². The number of aliphatic hydroxyl groups is 6. The van der Waals surface area contributed by atoms with Crippen LogP contribution >= 0.6 is 0 Å². The first-order chi connectivity index (χ1) is 14.8. The summed E-state index contributed by atoms with van der Waals surface area (Å²) in [5.41, 5.74) is -3.89. The van der Waals surface area contributed by atoms with Gasteiger partial charge in [-0.25, -0.2) is 26.3 Å². The van der Waals surface area contributed by atoms with Crippen molar-refractivity contribution in [2.45, 2.75) is 42.9 Å². The maximum absolute atomic E-state index is 13.5. The van der Waals surface area contributed by atoms with E-state index < -0.39 is 89.9 Å². The minimum Gasteiger partial charge on any atom is -0.394 e. The van der Waals surface area contributed by atoms with Crippen molar-refractivity contribution in [1.82, 2.24) is 0 Å². The molecule has 0 bridgehead atoms. The van der Waals surface area contributed by atoms with Gasteiger partial charge in [0.1, 0.15) is 23.9 Å². The van der Waals surface area contributed by atoms with Gasteiger partial charge in [-0.1, -0.05) is 0 Å². The molecular formula is C20H20F6O6. The Morgan fingerprint density at radius 1 is 0.656 bits per heavy atom. The fourth-order valence-corrected chi connectivity index (χ4v) is 3.27. The van der Waals surface area contributed by atoms with E-state index >= 15 is 0 Å². The first-order valence-corrected chi connectivity index (χ1v) is 9.14. The third kappa shape index (κ3) is 5.39. The van der Waals surface area contributed by atoms with Gasteiger partial charge in [-0.2, -0.15) is 0 Å². The van der Waals surface area contributed by atoms with Gasteiger partial charge in [-0.15, -0.1) is 0 Å². The monoisotopic (exact) mass is 470 g/mol. The van der Waals surface area contributed by atoms with Crippen LogP contribution in [0.4, 0.5) is 26.3 Å². The van der Waals surface area contributed by atoms with Gasteiger partial charge >= 0.3 is 0 Å². The maximum atomic E-state index is 13.5. The predicted molar refractivity (Wildman–Crippen MR) is 96.1 cm³/mol. The second kappa shape index (κ2) is 10.1. The molecule has 1 unspecified atom stereocenters. The lowest BCUT2D eigenvalue weighted by atomic mass is 9.78. The smallest absolute Gasteiger partial charge is 0.194 e. The zero-order valence-electron chi connectivity index (χ0n) is 16.2. The Morgan fingerprint density at radius 2 is 1.03 bits per heavy atom. The summed E-state index contributed by atoms with van der Waals surface area (Å²) >= 11 is 0. The van der Waals surface area contributed by atoms with Gasteiger partial charge in [0, 0.05) is 12.8 Å². The van der Waals surface area contributed by atoms with Crippen LogP contribution in [-0.4, -0.2) is 67.3 Å². The summed E-state index contributed by atoms with van der Waals surface area (Å²) in [6.07, 6.45) is -11.0. The van der Waals surface area contributed by atoms with Gasteiger partial charge in [0.15, 0.2) is 34.9 Å². The minimum atomic E-state index is -3.00. The highest BCUT2D eigenvalue weighted by atomic mass is 19.2. The van der Waals surface area contributed by atoms with Gasteiger partial charge in [0.25, 0.3) is 0 Å². The molecule has 0 aliphatic carbocycles. The third-order valence-corrected chi connectivity index (χ3v) is 4.96. The highest BCUT2D eigenvalue weighted by molar-refractivity contribution is 5.24. The van der Waals surface area contributed by atoms with Crippen molar-refractivity contribution >= 4 is 0 Å². The van der Waals surface area contributed by atoms with Crippen LogP contribution in [0.5, 0.6) is 0 Å². The highest BCUT2D eigenvalue weighted by Gasteiger charge is 2.48. The van der Waals surface area contributed by atoms with Crippen molar-refractivity contribution in [3.8, 4) is 0 Å². The average Bonchev–Trinajstić information content (AvgIpc) is 2.73. The van der Waals surface area contributed by atoms with Gasteiger partial charge in [0.2, 0.25) is 0 Å². The first kappa shape index (κ1) is 26.0. The molecule has 0 radical (unpaired) electrons. The van der Waals surface area contributed by atoms with Crippen LogP contribution in [0.15, 0.2) is 24.3 Å². The summed E-state index contributed by atoms with van der Waals surface area (Å²) in [5, 5.41) is 60.6. The van der Waals surface area contributed by atoms with E-state index in [0.29, 0.717) is 24.3 Å². The van der Waals surface area contributed by atoms with E-state index in [1.807, 2.05) is 0 Å². The van der Waals surface area contributed by atoms with Crippen LogP contribution in [0.2, 0.25) is 0 Å². The molecule has 0 aliphatic heterocycles. The number of aliphatic hydroxyl groups excluding tert-OH is 5. The zero-order valence-corrected chi connectivity index (χ0v) is 16.2. The molecule has 0 amide bonds. The molecule has 0 saturated carbocycles. The van der Waals surface area contributed by atoms with Crippen LogP contribution in [0, 0.1) is 34.9 Å². The molecule has 2 rings (SSSR count). The van der Waals surface area contributed by atoms with Crippen molar-refractivity contribution in [1.29, 1.82) is 0 Å². The van der Waals surface area contributed by atoms with E-state index in [-0.39, 0.29) is 5.56 Å². The molecule has 0 spiro atoms. The quantitative estimate of drug-likeness (QED) is 0.234. The molecule has 0 aliphatic rings. The Balaban J connectivity index is 2.40. The lowest BCUT2D eigenvalue weighted by Crippen LogP contribution is -2.62. The Hall–Kier alpha value is -2.22. The van der Waals surface area contributed by atoms with E-state index in [1.165, 1.54) is 0 Å². The van der Waals surface area contributed by atoms with Crippen molar-refractivity contribution < 1.29 is 57.0 Å². The van der Waals surface area contributed by atoms with Gasteiger partial charge in [-0.3, -0.25) is 0 Å². The van der Waals surface area contributed by atoms with Crippen LogP contribution in [-0.2, 0) is 12.8 Å². The summed E-state index contributed by atoms with van der Waals surface area (Å²) in [6.45, 7) is -1.15. The molecule has 178 valence electrons. The van der Waals surface area contributed by atoms with E-state index in [1.54, 1.807) is 0 Å². The van der Waals surface area contributed by atoms with Crippen LogP contribution < -0.4 is 0 Å². The molecule has 0 saturated heterocycles. The molecule has 2 aromatic carbocycles. The fourth-order valence-electron chi connectivity index (χ4n) is 3.27. The van der Waals surface area contributed by atoms with E-state index in [4.69, 9.17) is 5.11 Å².